The maximum Gasteiger partial charge on any atom is 0.417 e. The molecule has 1 aliphatic heterocycles. The number of aryl methyl sites for hydroxylation is 1. The number of aliphatic hydroxyl groups excluding tert-OH is 2. The summed E-state index contributed by atoms with van der Waals surface area (Å²) in [4.78, 5) is 19.9. The maximum absolute atomic E-state index is 14.3. The number of anilines is 1. The predicted octanol–water partition coefficient (Wildman–Crippen LogP) is 1.30. The number of nitrogen functional groups attached to an aromatic ring is 1. The monoisotopic (exact) mass is 483 g/mol. The number of halogens is 8. The van der Waals surface area contributed by atoms with Gasteiger partial charge in [0.05, 0.1) is 6.42 Å². The predicted molar refractivity (Wildman–Crippen MR) is 88.8 cm³/mol. The van der Waals surface area contributed by atoms with E-state index in [1.165, 1.54) is 0 Å². The van der Waals surface area contributed by atoms with Crippen molar-refractivity contribution in [3.05, 3.63) is 15.6 Å². The van der Waals surface area contributed by atoms with Gasteiger partial charge in [-0.25, -0.2) is 13.8 Å². The zero-order valence-corrected chi connectivity index (χ0v) is 15.7. The second-order valence-corrected chi connectivity index (χ2v) is 6.98. The number of nitrogens with zero attached hydrogens (tertiary/aromatic N) is 4. The quantitative estimate of drug-likeness (QED) is 0.442. The third-order valence-electron chi connectivity index (χ3n) is 4.52. The van der Waals surface area contributed by atoms with Gasteiger partial charge in [0, 0.05) is 6.54 Å². The molecule has 2 aromatic rings. The molecule has 1 aliphatic rings. The van der Waals surface area contributed by atoms with Crippen molar-refractivity contribution >= 4 is 28.7 Å². The summed E-state index contributed by atoms with van der Waals surface area (Å²) in [5.74, 6) is -0.574. The molecule has 0 bridgehead atoms. The lowest BCUT2D eigenvalue weighted by atomic mass is 10.1. The van der Waals surface area contributed by atoms with E-state index in [2.05, 4.69) is 9.97 Å². The van der Waals surface area contributed by atoms with Gasteiger partial charge < -0.3 is 20.7 Å². The van der Waals surface area contributed by atoms with Crippen LogP contribution in [-0.4, -0.2) is 66.2 Å². The summed E-state index contributed by atoms with van der Waals surface area (Å²) in [6.07, 6.45) is -25.0. The molecule has 1 saturated heterocycles. The Hall–Kier alpha value is -2.17. The van der Waals surface area contributed by atoms with Gasteiger partial charge in [0.1, 0.15) is 17.7 Å². The van der Waals surface area contributed by atoms with E-state index < -0.39 is 84.0 Å². The normalized spacial score (nSPS) is 26.0. The van der Waals surface area contributed by atoms with Crippen LogP contribution in [0.1, 0.15) is 12.6 Å². The molecule has 0 aliphatic carbocycles. The molecular weight excluding hydrogens is 471 g/mol. The molecule has 174 valence electrons. The van der Waals surface area contributed by atoms with Gasteiger partial charge in [-0.15, -0.1) is 0 Å². The molecular formula is C14H13ClF7N5O4. The first-order chi connectivity index (χ1) is 14.1. The summed E-state index contributed by atoms with van der Waals surface area (Å²) >= 11 is 5.86. The number of aromatic nitrogens is 4. The zero-order valence-electron chi connectivity index (χ0n) is 14.9. The molecule has 4 N–H and O–H groups in total. The summed E-state index contributed by atoms with van der Waals surface area (Å²) in [6, 6.07) is 0. The molecule has 3 heterocycles. The highest BCUT2D eigenvalue weighted by Crippen LogP contribution is 2.38. The smallest absolute Gasteiger partial charge is 0.385 e. The number of imidazole rings is 1. The Labute approximate surface area is 171 Å². The van der Waals surface area contributed by atoms with Crippen LogP contribution in [0.25, 0.3) is 11.2 Å². The first kappa shape index (κ1) is 23.5. The van der Waals surface area contributed by atoms with Crippen molar-refractivity contribution in [2.75, 3.05) is 5.73 Å². The number of nitrogens with two attached hydrogens (primary N) is 1. The molecule has 17 heteroatoms. The maximum atomic E-state index is 14.3. The van der Waals surface area contributed by atoms with Gasteiger partial charge in [0.25, 0.3) is 0 Å². The molecule has 0 radical (unpaired) electrons. The van der Waals surface area contributed by atoms with Crippen LogP contribution in [-0.2, 0) is 11.3 Å². The largest absolute Gasteiger partial charge is 0.417 e. The molecule has 3 rings (SSSR count). The minimum Gasteiger partial charge on any atom is -0.385 e. The van der Waals surface area contributed by atoms with E-state index >= 15 is 0 Å². The van der Waals surface area contributed by atoms with Crippen molar-refractivity contribution < 1.29 is 45.7 Å². The van der Waals surface area contributed by atoms with Gasteiger partial charge in [0.2, 0.25) is 5.95 Å². The first-order valence-electron chi connectivity index (χ1n) is 8.36. The van der Waals surface area contributed by atoms with Crippen LogP contribution in [0.3, 0.4) is 0 Å². The lowest BCUT2D eigenvalue weighted by molar-refractivity contribution is -0.241. The molecule has 1 unspecified atom stereocenters. The third kappa shape index (κ3) is 4.28. The van der Waals surface area contributed by atoms with E-state index in [1.807, 2.05) is 0 Å². The highest BCUT2D eigenvalue weighted by Gasteiger charge is 2.56. The van der Waals surface area contributed by atoms with E-state index in [4.69, 9.17) is 22.1 Å². The Balaban J connectivity index is 2.14. The second kappa shape index (κ2) is 7.75. The van der Waals surface area contributed by atoms with Gasteiger partial charge in [-0.1, -0.05) is 11.6 Å². The highest BCUT2D eigenvalue weighted by atomic mass is 35.5. The average Bonchev–Trinajstić information content (AvgIpc) is 3.05. The standard InChI is InChI=1S/C14H13ClF7N5O4/c15-8-4-9(25-11(23)24-8)27(12(30)26(4)2-1-13(17,18)19)10-5(28)3(16)6(31-10)7(29)14(20,21)22/h3,5-7,10,28-29H,1-2H2,(H2,23,24,25)/t3-,5-,6+,7?,10-/m1/s1. The Morgan fingerprint density at radius 2 is 1.84 bits per heavy atom. The fraction of sp³-hybridized carbons (Fsp3) is 0.643. The lowest BCUT2D eigenvalue weighted by Crippen LogP contribution is -2.44. The van der Waals surface area contributed by atoms with Gasteiger partial charge in [0.15, 0.2) is 29.3 Å². The zero-order chi connectivity index (χ0) is 23.5. The number of aliphatic hydroxyl groups is 2. The Morgan fingerprint density at radius 1 is 1.23 bits per heavy atom. The number of rotatable bonds is 4. The molecule has 0 amide bonds. The summed E-state index contributed by atoms with van der Waals surface area (Å²) in [5.41, 5.74) is 2.95. The fourth-order valence-corrected chi connectivity index (χ4v) is 3.41. The molecule has 0 spiro atoms. The number of alkyl halides is 7. The van der Waals surface area contributed by atoms with Gasteiger partial charge in [-0.05, 0) is 0 Å². The van der Waals surface area contributed by atoms with Crippen molar-refractivity contribution in [2.45, 2.75) is 56.0 Å². The van der Waals surface area contributed by atoms with Crippen LogP contribution in [0.4, 0.5) is 36.7 Å². The number of hydrogen-bond acceptors (Lipinski definition) is 7. The van der Waals surface area contributed by atoms with Crippen LogP contribution in [0, 0.1) is 0 Å². The summed E-state index contributed by atoms with van der Waals surface area (Å²) in [5, 5.41) is 18.8. The molecule has 0 saturated carbocycles. The summed E-state index contributed by atoms with van der Waals surface area (Å²) < 4.78 is 96.1. The SMILES string of the molecule is Nc1nc(Cl)c2c(n1)n([C@@H]1O[C@H](C(O)C(F)(F)F)[C@H](F)[C@H]1O)c(=O)n2CCC(F)(F)F. The fourth-order valence-electron chi connectivity index (χ4n) is 3.14. The third-order valence-corrected chi connectivity index (χ3v) is 4.79. The minimum absolute atomic E-state index is 0.315. The van der Waals surface area contributed by atoms with Crippen LogP contribution in [0.5, 0.6) is 0 Å². The minimum atomic E-state index is -5.33. The molecule has 31 heavy (non-hydrogen) atoms. The van der Waals surface area contributed by atoms with Crippen molar-refractivity contribution in [3.63, 3.8) is 0 Å². The van der Waals surface area contributed by atoms with Crippen molar-refractivity contribution in [3.8, 4) is 0 Å². The van der Waals surface area contributed by atoms with E-state index in [1.54, 1.807) is 0 Å². The van der Waals surface area contributed by atoms with Gasteiger partial charge >= 0.3 is 18.0 Å². The Kier molecular flexibility index (Phi) is 5.88. The van der Waals surface area contributed by atoms with Crippen LogP contribution >= 0.6 is 11.6 Å². The van der Waals surface area contributed by atoms with Crippen LogP contribution < -0.4 is 11.4 Å². The topological polar surface area (TPSA) is 128 Å². The van der Waals surface area contributed by atoms with E-state index in [0.29, 0.717) is 9.13 Å². The Morgan fingerprint density at radius 3 is 2.39 bits per heavy atom. The van der Waals surface area contributed by atoms with E-state index in [9.17, 15) is 45.7 Å². The molecule has 9 nitrogen and oxygen atoms in total. The van der Waals surface area contributed by atoms with Crippen LogP contribution in [0.2, 0.25) is 5.15 Å². The second-order valence-electron chi connectivity index (χ2n) is 6.63. The first-order valence-corrected chi connectivity index (χ1v) is 8.74. The van der Waals surface area contributed by atoms with E-state index in [0.717, 1.165) is 0 Å². The van der Waals surface area contributed by atoms with E-state index in [-0.39, 0.29) is 0 Å². The Bertz CT molecular complexity index is 1040. The summed E-state index contributed by atoms with van der Waals surface area (Å²) in [7, 11) is 0. The van der Waals surface area contributed by atoms with Gasteiger partial charge in [-0.2, -0.15) is 36.3 Å². The highest BCUT2D eigenvalue weighted by molar-refractivity contribution is 6.33. The van der Waals surface area contributed by atoms with Crippen molar-refractivity contribution in [2.24, 2.45) is 0 Å². The molecule has 0 aromatic carbocycles. The summed E-state index contributed by atoms with van der Waals surface area (Å²) in [6.45, 7) is -1.00. The molecule has 1 fully saturated rings. The lowest BCUT2D eigenvalue weighted by Gasteiger charge is -2.22. The molecule has 2 aromatic heterocycles. The number of fused-ring (bicyclic) bond motifs is 1. The number of ether oxygens (including phenoxy) is 1. The number of hydrogen-bond donors (Lipinski definition) is 3. The van der Waals surface area contributed by atoms with Crippen LogP contribution in [0.15, 0.2) is 4.79 Å². The average molecular weight is 484 g/mol. The molecule has 5 atom stereocenters. The van der Waals surface area contributed by atoms with Gasteiger partial charge in [-0.3, -0.25) is 4.57 Å². The van der Waals surface area contributed by atoms with Crippen molar-refractivity contribution in [1.82, 2.24) is 19.1 Å². The van der Waals surface area contributed by atoms with Crippen molar-refractivity contribution in [1.29, 1.82) is 0 Å².